The van der Waals surface area contributed by atoms with Gasteiger partial charge in [0.25, 0.3) is 0 Å². The van der Waals surface area contributed by atoms with Crippen molar-refractivity contribution in [1.29, 1.82) is 0 Å². The Kier molecular flexibility index (Phi) is 5.68. The highest BCUT2D eigenvalue weighted by Gasteiger charge is 2.19. The molecular formula is C11H19NOS2. The quantitative estimate of drug-likeness (QED) is 0.810. The summed E-state index contributed by atoms with van der Waals surface area (Å²) < 4.78 is 0. The zero-order chi connectivity index (χ0) is 11.3. The van der Waals surface area contributed by atoms with E-state index in [4.69, 9.17) is 10.8 Å². The van der Waals surface area contributed by atoms with Gasteiger partial charge in [-0.1, -0.05) is 6.92 Å². The third kappa shape index (κ3) is 4.15. The van der Waals surface area contributed by atoms with Crippen molar-refractivity contribution in [2.45, 2.75) is 36.8 Å². The van der Waals surface area contributed by atoms with E-state index in [1.807, 2.05) is 18.7 Å². The fourth-order valence-electron chi connectivity index (χ4n) is 1.44. The van der Waals surface area contributed by atoms with E-state index in [0.29, 0.717) is 10.5 Å². The lowest BCUT2D eigenvalue weighted by molar-refractivity contribution is 0.288. The highest BCUT2D eigenvalue weighted by Crippen LogP contribution is 2.36. The van der Waals surface area contributed by atoms with Gasteiger partial charge in [-0.15, -0.1) is 11.8 Å². The van der Waals surface area contributed by atoms with Gasteiger partial charge in [0, 0.05) is 23.1 Å². The maximum absolute atomic E-state index is 8.88. The molecule has 0 spiro atoms. The molecule has 0 aliphatic carbocycles. The number of hydrogen-bond acceptors (Lipinski definition) is 4. The fourth-order valence-corrected chi connectivity index (χ4v) is 3.52. The maximum atomic E-state index is 8.88. The van der Waals surface area contributed by atoms with Crippen molar-refractivity contribution in [3.05, 3.63) is 22.4 Å². The standard InChI is InChI=1S/C11H19NOS2/c1-8(3-5-13)15-11(9(2)12)10-4-6-14-7-10/h4,6-9,11,13H,3,5,12H2,1-2H3. The maximum Gasteiger partial charge on any atom is 0.0456 e. The first kappa shape index (κ1) is 13.0. The number of rotatable bonds is 6. The molecule has 0 amide bonds. The van der Waals surface area contributed by atoms with Gasteiger partial charge in [-0.25, -0.2) is 0 Å². The topological polar surface area (TPSA) is 46.2 Å². The molecule has 0 fully saturated rings. The normalized spacial score (nSPS) is 17.3. The number of hydrogen-bond donors (Lipinski definition) is 2. The number of nitrogens with two attached hydrogens (primary N) is 1. The Balaban J connectivity index is 2.59. The van der Waals surface area contributed by atoms with Crippen LogP contribution in [0.1, 0.15) is 31.1 Å². The van der Waals surface area contributed by atoms with Crippen LogP contribution in [0.5, 0.6) is 0 Å². The van der Waals surface area contributed by atoms with E-state index < -0.39 is 0 Å². The smallest absolute Gasteiger partial charge is 0.0456 e. The molecule has 1 aromatic rings. The van der Waals surface area contributed by atoms with Gasteiger partial charge in [-0.05, 0) is 35.7 Å². The van der Waals surface area contributed by atoms with E-state index in [2.05, 4.69) is 23.8 Å². The summed E-state index contributed by atoms with van der Waals surface area (Å²) in [7, 11) is 0. The Morgan fingerprint density at radius 3 is 2.73 bits per heavy atom. The lowest BCUT2D eigenvalue weighted by Crippen LogP contribution is -2.24. The summed E-state index contributed by atoms with van der Waals surface area (Å²) in [6.07, 6.45) is 0.831. The molecule has 4 heteroatoms. The third-order valence-electron chi connectivity index (χ3n) is 2.26. The predicted octanol–water partition coefficient (Wildman–Crippen LogP) is 2.64. The molecular weight excluding hydrogens is 226 g/mol. The second-order valence-electron chi connectivity index (χ2n) is 3.80. The summed E-state index contributed by atoms with van der Waals surface area (Å²) in [4.78, 5) is 0. The summed E-state index contributed by atoms with van der Waals surface area (Å²) in [5.41, 5.74) is 7.30. The molecule has 15 heavy (non-hydrogen) atoms. The number of thioether (sulfide) groups is 1. The van der Waals surface area contributed by atoms with Gasteiger partial charge in [0.05, 0.1) is 0 Å². The van der Waals surface area contributed by atoms with E-state index in [1.165, 1.54) is 5.56 Å². The lowest BCUT2D eigenvalue weighted by atomic mass is 10.1. The SMILES string of the molecule is CC(CCO)SC(c1ccsc1)C(C)N. The average Bonchev–Trinajstić information content (AvgIpc) is 2.66. The predicted molar refractivity (Wildman–Crippen MR) is 69.5 cm³/mol. The Hall–Kier alpha value is -0.0300. The molecule has 1 aromatic heterocycles. The molecule has 0 aliphatic heterocycles. The van der Waals surface area contributed by atoms with Crippen LogP contribution in [0.25, 0.3) is 0 Å². The first-order valence-electron chi connectivity index (χ1n) is 5.19. The van der Waals surface area contributed by atoms with Gasteiger partial charge in [0.2, 0.25) is 0 Å². The number of thiophene rings is 1. The summed E-state index contributed by atoms with van der Waals surface area (Å²) in [6, 6.07) is 2.28. The van der Waals surface area contributed by atoms with Crippen molar-refractivity contribution in [2.75, 3.05) is 6.61 Å². The molecule has 86 valence electrons. The van der Waals surface area contributed by atoms with Crippen LogP contribution in [0.3, 0.4) is 0 Å². The molecule has 0 aromatic carbocycles. The zero-order valence-corrected chi connectivity index (χ0v) is 10.9. The molecule has 0 saturated carbocycles. The van der Waals surface area contributed by atoms with Gasteiger partial charge in [0.1, 0.15) is 0 Å². The van der Waals surface area contributed by atoms with Crippen LogP contribution in [-0.4, -0.2) is 23.0 Å². The number of aliphatic hydroxyl groups excluding tert-OH is 1. The molecule has 1 rings (SSSR count). The largest absolute Gasteiger partial charge is 0.396 e. The number of aliphatic hydroxyl groups is 1. The van der Waals surface area contributed by atoms with E-state index in [1.54, 1.807) is 11.3 Å². The Bertz CT molecular complexity index is 262. The second kappa shape index (κ2) is 6.53. The van der Waals surface area contributed by atoms with Gasteiger partial charge in [-0.3, -0.25) is 0 Å². The highest BCUT2D eigenvalue weighted by molar-refractivity contribution is 8.00. The molecule has 1 heterocycles. The molecule has 0 saturated heterocycles. The van der Waals surface area contributed by atoms with Crippen LogP contribution in [0, 0.1) is 0 Å². The molecule has 3 atom stereocenters. The summed E-state index contributed by atoms with van der Waals surface area (Å²) in [5, 5.41) is 13.9. The van der Waals surface area contributed by atoms with Crippen LogP contribution in [0.2, 0.25) is 0 Å². The average molecular weight is 245 g/mol. The van der Waals surface area contributed by atoms with Crippen molar-refractivity contribution >= 4 is 23.1 Å². The Morgan fingerprint density at radius 2 is 2.27 bits per heavy atom. The second-order valence-corrected chi connectivity index (χ2v) is 6.16. The van der Waals surface area contributed by atoms with Gasteiger partial charge in [-0.2, -0.15) is 11.3 Å². The minimum Gasteiger partial charge on any atom is -0.396 e. The Labute approximate surface area is 99.9 Å². The van der Waals surface area contributed by atoms with Gasteiger partial charge < -0.3 is 10.8 Å². The molecule has 2 nitrogen and oxygen atoms in total. The minimum absolute atomic E-state index is 0.144. The van der Waals surface area contributed by atoms with Crippen LogP contribution in [0.4, 0.5) is 0 Å². The van der Waals surface area contributed by atoms with Crippen molar-refractivity contribution in [3.63, 3.8) is 0 Å². The minimum atomic E-state index is 0.144. The monoisotopic (exact) mass is 245 g/mol. The molecule has 0 aliphatic rings. The first-order valence-corrected chi connectivity index (χ1v) is 7.07. The van der Waals surface area contributed by atoms with Gasteiger partial charge >= 0.3 is 0 Å². The molecule has 3 N–H and O–H groups in total. The van der Waals surface area contributed by atoms with Crippen LogP contribution in [-0.2, 0) is 0 Å². The first-order chi connectivity index (χ1) is 7.15. The van der Waals surface area contributed by atoms with E-state index in [0.717, 1.165) is 6.42 Å². The molecule has 3 unspecified atom stereocenters. The van der Waals surface area contributed by atoms with Crippen LogP contribution >= 0.6 is 23.1 Å². The third-order valence-corrected chi connectivity index (χ3v) is 4.66. The summed E-state index contributed by atoms with van der Waals surface area (Å²) in [5.74, 6) is 0. The lowest BCUT2D eigenvalue weighted by Gasteiger charge is -2.23. The van der Waals surface area contributed by atoms with Crippen molar-refractivity contribution in [1.82, 2.24) is 0 Å². The molecule has 0 radical (unpaired) electrons. The van der Waals surface area contributed by atoms with Crippen LogP contribution < -0.4 is 5.73 Å². The molecule has 0 bridgehead atoms. The summed E-state index contributed by atoms with van der Waals surface area (Å²) in [6.45, 7) is 4.44. The Morgan fingerprint density at radius 1 is 1.53 bits per heavy atom. The van der Waals surface area contributed by atoms with Crippen molar-refractivity contribution < 1.29 is 5.11 Å². The highest BCUT2D eigenvalue weighted by atomic mass is 32.2. The van der Waals surface area contributed by atoms with E-state index >= 15 is 0 Å². The zero-order valence-electron chi connectivity index (χ0n) is 9.22. The van der Waals surface area contributed by atoms with Gasteiger partial charge in [0.15, 0.2) is 0 Å². The van der Waals surface area contributed by atoms with Crippen molar-refractivity contribution in [2.24, 2.45) is 5.73 Å². The van der Waals surface area contributed by atoms with E-state index in [-0.39, 0.29) is 12.6 Å². The van der Waals surface area contributed by atoms with Crippen LogP contribution in [0.15, 0.2) is 16.8 Å². The summed E-state index contributed by atoms with van der Waals surface area (Å²) >= 11 is 3.56. The fraction of sp³-hybridized carbons (Fsp3) is 0.636. The van der Waals surface area contributed by atoms with E-state index in [9.17, 15) is 0 Å². The van der Waals surface area contributed by atoms with Crippen molar-refractivity contribution in [3.8, 4) is 0 Å².